The first-order valence-corrected chi connectivity index (χ1v) is 6.84. The quantitative estimate of drug-likeness (QED) is 0.615. The van der Waals surface area contributed by atoms with E-state index in [0.717, 1.165) is 17.8 Å². The summed E-state index contributed by atoms with van der Waals surface area (Å²) in [6.07, 6.45) is 0. The van der Waals surface area contributed by atoms with E-state index in [9.17, 15) is 18.0 Å². The van der Waals surface area contributed by atoms with Crippen LogP contribution in [0.5, 0.6) is 0 Å². The molecule has 0 spiro atoms. The maximum Gasteiger partial charge on any atom is 0.179 e. The minimum absolute atomic E-state index is 0.152. The molecule has 0 aromatic heterocycles. The zero-order valence-electron chi connectivity index (χ0n) is 10.6. The summed E-state index contributed by atoms with van der Waals surface area (Å²) >= 11 is 1.04. The minimum atomic E-state index is -0.877. The van der Waals surface area contributed by atoms with Gasteiger partial charge in [-0.1, -0.05) is 12.1 Å². The Morgan fingerprint density at radius 3 is 2.60 bits per heavy atom. The molecule has 104 valence electrons. The number of aryl methyl sites for hydroxylation is 1. The zero-order chi connectivity index (χ0) is 14.7. The molecular weight excluding hydrogens is 285 g/mol. The average Bonchev–Trinajstić information content (AvgIpc) is 2.41. The fourth-order valence-corrected chi connectivity index (χ4v) is 2.50. The van der Waals surface area contributed by atoms with E-state index in [-0.39, 0.29) is 11.3 Å². The van der Waals surface area contributed by atoms with Gasteiger partial charge in [-0.2, -0.15) is 0 Å². The molecule has 0 heterocycles. The van der Waals surface area contributed by atoms with Crippen LogP contribution in [0.4, 0.5) is 13.2 Å². The van der Waals surface area contributed by atoms with Gasteiger partial charge in [0.05, 0.1) is 11.3 Å². The van der Waals surface area contributed by atoms with Crippen molar-refractivity contribution in [2.24, 2.45) is 0 Å². The molecule has 0 bridgehead atoms. The summed E-state index contributed by atoms with van der Waals surface area (Å²) in [5, 5.41) is 0. The van der Waals surface area contributed by atoms with Gasteiger partial charge in [0.15, 0.2) is 5.78 Å². The number of thioether (sulfide) groups is 1. The lowest BCUT2D eigenvalue weighted by Crippen LogP contribution is -2.09. The van der Waals surface area contributed by atoms with Crippen LogP contribution in [0.3, 0.4) is 0 Å². The molecule has 0 saturated carbocycles. The molecule has 5 heteroatoms. The second-order valence-corrected chi connectivity index (χ2v) is 5.27. The lowest BCUT2D eigenvalue weighted by molar-refractivity contribution is 0.101. The van der Waals surface area contributed by atoms with Crippen LogP contribution in [0.2, 0.25) is 0 Å². The molecule has 2 aromatic rings. The molecule has 0 atom stereocenters. The van der Waals surface area contributed by atoms with Gasteiger partial charge in [0.1, 0.15) is 17.5 Å². The van der Waals surface area contributed by atoms with Crippen molar-refractivity contribution in [3.8, 4) is 0 Å². The van der Waals surface area contributed by atoms with Gasteiger partial charge >= 0.3 is 0 Å². The molecule has 0 N–H and O–H groups in total. The van der Waals surface area contributed by atoms with Crippen molar-refractivity contribution in [3.63, 3.8) is 0 Å². The maximum absolute atomic E-state index is 13.8. The molecular formula is C15H11F3OS. The normalized spacial score (nSPS) is 10.6. The molecule has 2 aromatic carbocycles. The Kier molecular flexibility index (Phi) is 4.49. The van der Waals surface area contributed by atoms with Gasteiger partial charge in [0, 0.05) is 4.90 Å². The van der Waals surface area contributed by atoms with Gasteiger partial charge < -0.3 is 0 Å². The topological polar surface area (TPSA) is 17.1 Å². The van der Waals surface area contributed by atoms with Gasteiger partial charge in [-0.05, 0) is 36.8 Å². The van der Waals surface area contributed by atoms with Crippen LogP contribution in [-0.4, -0.2) is 11.5 Å². The molecule has 0 aliphatic heterocycles. The predicted molar refractivity (Wildman–Crippen MR) is 72.5 cm³/mol. The Morgan fingerprint density at radius 2 is 1.90 bits per heavy atom. The van der Waals surface area contributed by atoms with Crippen molar-refractivity contribution >= 4 is 17.5 Å². The van der Waals surface area contributed by atoms with Crippen LogP contribution in [-0.2, 0) is 0 Å². The first-order chi connectivity index (χ1) is 9.49. The number of Topliss-reactive ketones (excluding diaryl/α,β-unsaturated/α-hetero) is 1. The number of benzene rings is 2. The Bertz CT molecular complexity index is 656. The fraction of sp³-hybridized carbons (Fsp3) is 0.133. The standard InChI is InChI=1S/C15H11F3OS/c1-9-5-6-12(17)14(15(9)18)13(19)8-20-11-4-2-3-10(16)7-11/h2-7H,8H2,1H3. The van der Waals surface area contributed by atoms with Crippen molar-refractivity contribution in [1.82, 2.24) is 0 Å². The number of carbonyl (C=O) groups is 1. The molecule has 0 radical (unpaired) electrons. The molecule has 2 rings (SSSR count). The van der Waals surface area contributed by atoms with E-state index in [2.05, 4.69) is 0 Å². The van der Waals surface area contributed by atoms with Crippen molar-refractivity contribution in [1.29, 1.82) is 0 Å². The lowest BCUT2D eigenvalue weighted by atomic mass is 10.1. The van der Waals surface area contributed by atoms with Crippen LogP contribution >= 0.6 is 11.8 Å². The number of ketones is 1. The number of hydrogen-bond donors (Lipinski definition) is 0. The summed E-state index contributed by atoms with van der Waals surface area (Å²) in [4.78, 5) is 12.4. The second-order valence-electron chi connectivity index (χ2n) is 4.22. The lowest BCUT2D eigenvalue weighted by Gasteiger charge is -2.06. The Balaban J connectivity index is 2.15. The van der Waals surface area contributed by atoms with E-state index in [0.29, 0.717) is 4.90 Å². The average molecular weight is 296 g/mol. The van der Waals surface area contributed by atoms with E-state index in [1.807, 2.05) is 0 Å². The Morgan fingerprint density at radius 1 is 1.15 bits per heavy atom. The van der Waals surface area contributed by atoms with Gasteiger partial charge in [0.2, 0.25) is 0 Å². The highest BCUT2D eigenvalue weighted by Crippen LogP contribution is 2.23. The van der Waals surface area contributed by atoms with Crippen molar-refractivity contribution < 1.29 is 18.0 Å². The van der Waals surface area contributed by atoms with Crippen LogP contribution in [0, 0.1) is 24.4 Å². The molecule has 0 unspecified atom stereocenters. The number of rotatable bonds is 4. The van der Waals surface area contributed by atoms with Crippen LogP contribution in [0.15, 0.2) is 41.3 Å². The van der Waals surface area contributed by atoms with Crippen LogP contribution < -0.4 is 0 Å². The summed E-state index contributed by atoms with van der Waals surface area (Å²) in [6, 6.07) is 8.03. The first-order valence-electron chi connectivity index (χ1n) is 5.85. The fourth-order valence-electron chi connectivity index (χ4n) is 1.69. The minimum Gasteiger partial charge on any atom is -0.293 e. The van der Waals surface area contributed by atoms with Gasteiger partial charge in [-0.15, -0.1) is 11.8 Å². The molecule has 0 amide bonds. The molecule has 0 fully saturated rings. The van der Waals surface area contributed by atoms with Crippen molar-refractivity contribution in [2.75, 3.05) is 5.75 Å². The Labute approximate surface area is 118 Å². The third-order valence-electron chi connectivity index (χ3n) is 2.73. The SMILES string of the molecule is Cc1ccc(F)c(C(=O)CSc2cccc(F)c2)c1F. The molecule has 0 saturated heterocycles. The monoisotopic (exact) mass is 296 g/mol. The summed E-state index contributed by atoms with van der Waals surface area (Å²) < 4.78 is 40.3. The van der Waals surface area contributed by atoms with E-state index >= 15 is 0 Å². The van der Waals surface area contributed by atoms with Crippen molar-refractivity contribution in [3.05, 3.63) is 65.0 Å². The van der Waals surface area contributed by atoms with Gasteiger partial charge in [-0.25, -0.2) is 13.2 Å². The van der Waals surface area contributed by atoms with E-state index < -0.39 is 28.8 Å². The number of halogens is 3. The van der Waals surface area contributed by atoms with E-state index in [1.54, 1.807) is 6.07 Å². The van der Waals surface area contributed by atoms with Gasteiger partial charge in [0.25, 0.3) is 0 Å². The summed E-state index contributed by atoms with van der Waals surface area (Å²) in [5.41, 5.74) is -0.320. The van der Waals surface area contributed by atoms with E-state index in [1.165, 1.54) is 31.2 Å². The zero-order valence-corrected chi connectivity index (χ0v) is 11.4. The van der Waals surface area contributed by atoms with E-state index in [4.69, 9.17) is 0 Å². The Hall–Kier alpha value is -1.75. The maximum atomic E-state index is 13.8. The highest BCUT2D eigenvalue weighted by atomic mass is 32.2. The third kappa shape index (κ3) is 3.22. The van der Waals surface area contributed by atoms with Crippen LogP contribution in [0.25, 0.3) is 0 Å². The number of carbonyl (C=O) groups excluding carboxylic acids is 1. The van der Waals surface area contributed by atoms with Crippen LogP contribution in [0.1, 0.15) is 15.9 Å². The second kappa shape index (κ2) is 6.13. The predicted octanol–water partition coefficient (Wildman–Crippen LogP) is 4.39. The molecule has 20 heavy (non-hydrogen) atoms. The summed E-state index contributed by atoms with van der Waals surface area (Å²) in [5.74, 6) is -2.94. The molecule has 0 aliphatic rings. The highest BCUT2D eigenvalue weighted by molar-refractivity contribution is 8.00. The molecule has 1 nitrogen and oxygen atoms in total. The largest absolute Gasteiger partial charge is 0.293 e. The summed E-state index contributed by atoms with van der Waals surface area (Å²) in [7, 11) is 0. The summed E-state index contributed by atoms with van der Waals surface area (Å²) in [6.45, 7) is 1.46. The first kappa shape index (κ1) is 14.7. The molecule has 0 aliphatic carbocycles. The number of hydrogen-bond acceptors (Lipinski definition) is 2. The smallest absolute Gasteiger partial charge is 0.179 e. The third-order valence-corrected chi connectivity index (χ3v) is 3.72. The highest BCUT2D eigenvalue weighted by Gasteiger charge is 2.19. The van der Waals surface area contributed by atoms with Crippen molar-refractivity contribution in [2.45, 2.75) is 11.8 Å². The van der Waals surface area contributed by atoms with Gasteiger partial charge in [-0.3, -0.25) is 4.79 Å².